The number of benzene rings is 1. The molecular weight excluding hydrogens is 230 g/mol. The maximum atomic E-state index is 2.44. The molecule has 0 radical (unpaired) electrons. The number of fused-ring (bicyclic) bond motifs is 2. The van der Waals surface area contributed by atoms with Gasteiger partial charge in [-0.3, -0.25) is 0 Å². The van der Waals surface area contributed by atoms with Crippen LogP contribution in [0.4, 0.5) is 0 Å². The standard InChI is InChI=1S/C18H24N/c1-19-11-10-17-12-15-8-6-4-2-3-5-7-9-16(15)13-18(17)14-19/h10-14H,2-9H2,1H3/q+1. The van der Waals surface area contributed by atoms with Crippen molar-refractivity contribution in [2.75, 3.05) is 0 Å². The van der Waals surface area contributed by atoms with Crippen LogP contribution in [0.5, 0.6) is 0 Å². The van der Waals surface area contributed by atoms with E-state index in [4.69, 9.17) is 0 Å². The van der Waals surface area contributed by atoms with Crippen LogP contribution in [0.2, 0.25) is 0 Å². The van der Waals surface area contributed by atoms with Crippen molar-refractivity contribution in [1.82, 2.24) is 0 Å². The van der Waals surface area contributed by atoms with Gasteiger partial charge in [0.25, 0.3) is 0 Å². The summed E-state index contributed by atoms with van der Waals surface area (Å²) >= 11 is 0. The van der Waals surface area contributed by atoms with Gasteiger partial charge in [0.1, 0.15) is 7.05 Å². The highest BCUT2D eigenvalue weighted by Gasteiger charge is 2.09. The zero-order chi connectivity index (χ0) is 13.1. The SMILES string of the molecule is C[n+]1ccc2cc3c(cc2c1)CCCCCCCC3. The van der Waals surface area contributed by atoms with Crippen LogP contribution in [0.25, 0.3) is 10.8 Å². The monoisotopic (exact) mass is 254 g/mol. The van der Waals surface area contributed by atoms with E-state index in [0.717, 1.165) is 0 Å². The van der Waals surface area contributed by atoms with Crippen molar-refractivity contribution in [3.05, 3.63) is 41.7 Å². The van der Waals surface area contributed by atoms with E-state index < -0.39 is 0 Å². The molecule has 1 aliphatic carbocycles. The topological polar surface area (TPSA) is 3.88 Å². The fourth-order valence-electron chi connectivity index (χ4n) is 3.25. The van der Waals surface area contributed by atoms with Crippen molar-refractivity contribution < 1.29 is 4.57 Å². The van der Waals surface area contributed by atoms with E-state index in [2.05, 4.69) is 42.2 Å². The van der Waals surface area contributed by atoms with Gasteiger partial charge in [0, 0.05) is 11.5 Å². The highest BCUT2D eigenvalue weighted by atomic mass is 14.9. The summed E-state index contributed by atoms with van der Waals surface area (Å²) < 4.78 is 2.15. The molecule has 0 saturated carbocycles. The van der Waals surface area contributed by atoms with Gasteiger partial charge in [-0.1, -0.05) is 31.7 Å². The minimum atomic E-state index is 1.27. The van der Waals surface area contributed by atoms with Crippen molar-refractivity contribution in [3.63, 3.8) is 0 Å². The first-order valence-corrected chi connectivity index (χ1v) is 7.74. The predicted octanol–water partition coefficient (Wildman–Crippen LogP) is 4.10. The summed E-state index contributed by atoms with van der Waals surface area (Å²) in [6, 6.07) is 7.12. The van der Waals surface area contributed by atoms with Gasteiger partial charge < -0.3 is 0 Å². The second-order valence-corrected chi connectivity index (χ2v) is 5.98. The molecule has 2 aromatic rings. The molecule has 1 aromatic carbocycles. The quantitative estimate of drug-likeness (QED) is 0.623. The third-order valence-electron chi connectivity index (χ3n) is 4.38. The lowest BCUT2D eigenvalue weighted by atomic mass is 9.92. The molecule has 3 rings (SSSR count). The first kappa shape index (κ1) is 12.7. The molecule has 100 valence electrons. The van der Waals surface area contributed by atoms with Crippen molar-refractivity contribution in [3.8, 4) is 0 Å². The van der Waals surface area contributed by atoms with Gasteiger partial charge >= 0.3 is 0 Å². The summed E-state index contributed by atoms with van der Waals surface area (Å²) in [4.78, 5) is 0. The van der Waals surface area contributed by atoms with Crippen LogP contribution < -0.4 is 4.57 Å². The fourth-order valence-corrected chi connectivity index (χ4v) is 3.25. The molecule has 1 aromatic heterocycles. The Balaban J connectivity index is 2.01. The minimum Gasteiger partial charge on any atom is -0.207 e. The van der Waals surface area contributed by atoms with Crippen LogP contribution in [-0.4, -0.2) is 0 Å². The van der Waals surface area contributed by atoms with Crippen molar-refractivity contribution >= 4 is 10.8 Å². The second-order valence-electron chi connectivity index (χ2n) is 5.98. The van der Waals surface area contributed by atoms with Gasteiger partial charge in [-0.25, -0.2) is 4.57 Å². The maximum absolute atomic E-state index is 2.44. The fraction of sp³-hybridized carbons (Fsp3) is 0.500. The largest absolute Gasteiger partial charge is 0.207 e. The summed E-state index contributed by atoms with van der Waals surface area (Å²) in [5.74, 6) is 0. The molecule has 1 aliphatic rings. The summed E-state index contributed by atoms with van der Waals surface area (Å²) in [6.45, 7) is 0. The molecule has 0 amide bonds. The predicted molar refractivity (Wildman–Crippen MR) is 80.2 cm³/mol. The van der Waals surface area contributed by atoms with Crippen LogP contribution in [0.15, 0.2) is 30.6 Å². The lowest BCUT2D eigenvalue weighted by Crippen LogP contribution is -2.25. The number of rotatable bonds is 0. The van der Waals surface area contributed by atoms with E-state index in [1.54, 1.807) is 11.1 Å². The number of hydrogen-bond acceptors (Lipinski definition) is 0. The molecule has 0 fully saturated rings. The number of hydrogen-bond donors (Lipinski definition) is 0. The summed E-state index contributed by atoms with van der Waals surface area (Å²) in [7, 11) is 2.10. The molecule has 0 atom stereocenters. The average molecular weight is 254 g/mol. The first-order valence-electron chi connectivity index (χ1n) is 7.74. The van der Waals surface area contributed by atoms with Gasteiger partial charge in [-0.2, -0.15) is 0 Å². The zero-order valence-electron chi connectivity index (χ0n) is 12.0. The van der Waals surface area contributed by atoms with Gasteiger partial charge in [-0.05, 0) is 48.3 Å². The van der Waals surface area contributed by atoms with Crippen LogP contribution in [0.3, 0.4) is 0 Å². The highest BCUT2D eigenvalue weighted by Crippen LogP contribution is 2.24. The Labute approximate surface area is 116 Å². The molecule has 0 N–H and O–H groups in total. The molecular formula is C18H24N+. The summed E-state index contributed by atoms with van der Waals surface area (Å²) in [6.07, 6.45) is 15.3. The van der Waals surface area contributed by atoms with Crippen LogP contribution in [-0.2, 0) is 19.9 Å². The van der Waals surface area contributed by atoms with E-state index in [0.29, 0.717) is 0 Å². The minimum absolute atomic E-state index is 1.27. The number of nitrogens with zero attached hydrogens (tertiary/aromatic N) is 1. The second kappa shape index (κ2) is 5.73. The molecule has 0 spiro atoms. The number of aromatic nitrogens is 1. The third kappa shape index (κ3) is 2.97. The third-order valence-corrected chi connectivity index (χ3v) is 4.38. The van der Waals surface area contributed by atoms with Crippen molar-refractivity contribution in [2.24, 2.45) is 7.05 Å². The molecule has 1 heterocycles. The van der Waals surface area contributed by atoms with E-state index in [-0.39, 0.29) is 0 Å². The Bertz CT molecular complexity index is 571. The van der Waals surface area contributed by atoms with E-state index in [1.807, 2.05) is 0 Å². The van der Waals surface area contributed by atoms with Crippen molar-refractivity contribution in [1.29, 1.82) is 0 Å². The Morgan fingerprint density at radius 1 is 0.789 bits per heavy atom. The van der Waals surface area contributed by atoms with Crippen LogP contribution >= 0.6 is 0 Å². The van der Waals surface area contributed by atoms with Gasteiger partial charge in [0.2, 0.25) is 0 Å². The smallest absolute Gasteiger partial charge is 0.176 e. The number of pyridine rings is 1. The number of aryl methyl sites for hydroxylation is 3. The van der Waals surface area contributed by atoms with E-state index in [1.165, 1.54) is 62.1 Å². The zero-order valence-corrected chi connectivity index (χ0v) is 12.0. The summed E-state index contributed by atoms with van der Waals surface area (Å²) in [5, 5.41) is 2.79. The first-order chi connectivity index (χ1) is 9.33. The van der Waals surface area contributed by atoms with Crippen molar-refractivity contribution in [2.45, 2.75) is 51.4 Å². The highest BCUT2D eigenvalue weighted by molar-refractivity contribution is 5.82. The normalized spacial score (nSPS) is 17.1. The lowest BCUT2D eigenvalue weighted by molar-refractivity contribution is -0.670. The lowest BCUT2D eigenvalue weighted by Gasteiger charge is -2.13. The molecule has 0 bridgehead atoms. The Kier molecular flexibility index (Phi) is 3.82. The van der Waals surface area contributed by atoms with Gasteiger partial charge in [0.15, 0.2) is 12.4 Å². The maximum Gasteiger partial charge on any atom is 0.176 e. The van der Waals surface area contributed by atoms with Gasteiger partial charge in [0.05, 0.1) is 0 Å². The summed E-state index contributed by atoms with van der Waals surface area (Å²) in [5.41, 5.74) is 3.20. The molecule has 1 heteroatoms. The Hall–Kier alpha value is -1.37. The Morgan fingerprint density at radius 3 is 2.05 bits per heavy atom. The van der Waals surface area contributed by atoms with Crippen LogP contribution in [0.1, 0.15) is 49.7 Å². The molecule has 0 saturated heterocycles. The Morgan fingerprint density at radius 2 is 1.37 bits per heavy atom. The molecule has 0 aliphatic heterocycles. The van der Waals surface area contributed by atoms with E-state index in [9.17, 15) is 0 Å². The average Bonchev–Trinajstić information content (AvgIpc) is 2.42. The van der Waals surface area contributed by atoms with E-state index >= 15 is 0 Å². The van der Waals surface area contributed by atoms with Gasteiger partial charge in [-0.15, -0.1) is 0 Å². The molecule has 19 heavy (non-hydrogen) atoms. The molecule has 0 unspecified atom stereocenters. The molecule has 1 nitrogen and oxygen atoms in total. The van der Waals surface area contributed by atoms with Crippen LogP contribution in [0, 0.1) is 0 Å².